The van der Waals surface area contributed by atoms with Crippen molar-refractivity contribution in [1.82, 2.24) is 14.5 Å². The van der Waals surface area contributed by atoms with Gasteiger partial charge in [0.25, 0.3) is 5.56 Å². The summed E-state index contributed by atoms with van der Waals surface area (Å²) >= 11 is 0. The van der Waals surface area contributed by atoms with Crippen LogP contribution in [0.1, 0.15) is 6.23 Å². The number of ether oxygens (including phenoxy) is 2. The van der Waals surface area contributed by atoms with E-state index in [1.807, 2.05) is 0 Å². The number of hydrogen-bond donors (Lipinski definition) is 3. The van der Waals surface area contributed by atoms with Crippen molar-refractivity contribution in [3.8, 4) is 0 Å². The molecule has 0 bridgehead atoms. The van der Waals surface area contributed by atoms with Gasteiger partial charge in [-0.2, -0.15) is 0 Å². The number of aromatic amines is 1. The summed E-state index contributed by atoms with van der Waals surface area (Å²) in [4.78, 5) is 17.8. The lowest BCUT2D eigenvalue weighted by atomic mass is 10.1. The van der Waals surface area contributed by atoms with Crippen molar-refractivity contribution >= 4 is 11.0 Å². The van der Waals surface area contributed by atoms with Crippen LogP contribution in [0, 0.1) is 5.82 Å². The third-order valence-electron chi connectivity index (χ3n) is 3.60. The topological polar surface area (TPSA) is 110 Å². The van der Waals surface area contributed by atoms with E-state index in [2.05, 4.69) is 9.97 Å². The van der Waals surface area contributed by atoms with Crippen molar-refractivity contribution in [2.45, 2.75) is 24.5 Å². The Morgan fingerprint density at radius 1 is 1.62 bits per heavy atom. The van der Waals surface area contributed by atoms with E-state index in [9.17, 15) is 19.4 Å². The first-order chi connectivity index (χ1) is 10.1. The van der Waals surface area contributed by atoms with Crippen LogP contribution in [0.2, 0.25) is 0 Å². The summed E-state index contributed by atoms with van der Waals surface area (Å²) in [5.74, 6) is -0.767. The number of fused-ring (bicyclic) bond motifs is 1. The first-order valence-corrected chi connectivity index (χ1v) is 6.29. The Kier molecular flexibility index (Phi) is 3.49. The van der Waals surface area contributed by atoms with Gasteiger partial charge in [-0.25, -0.2) is 9.37 Å². The Morgan fingerprint density at radius 3 is 3.00 bits per heavy atom. The fourth-order valence-electron chi connectivity index (χ4n) is 2.63. The van der Waals surface area contributed by atoms with Crippen LogP contribution in [0.25, 0.3) is 11.0 Å². The Morgan fingerprint density at radius 2 is 2.38 bits per heavy atom. The lowest BCUT2D eigenvalue weighted by Crippen LogP contribution is -2.35. The predicted octanol–water partition coefficient (Wildman–Crippen LogP) is -0.871. The quantitative estimate of drug-likeness (QED) is 0.679. The zero-order valence-electron chi connectivity index (χ0n) is 11.1. The van der Waals surface area contributed by atoms with Crippen LogP contribution in [0.4, 0.5) is 4.39 Å². The molecule has 0 amide bonds. The molecule has 0 saturated carbocycles. The van der Waals surface area contributed by atoms with Gasteiger partial charge in [-0.15, -0.1) is 0 Å². The molecule has 2 aromatic heterocycles. The third-order valence-corrected chi connectivity index (χ3v) is 3.60. The molecule has 3 heterocycles. The molecule has 0 spiro atoms. The number of aliphatic hydroxyl groups excluding tert-OH is 2. The van der Waals surface area contributed by atoms with Gasteiger partial charge in [0.2, 0.25) is 0 Å². The van der Waals surface area contributed by atoms with Gasteiger partial charge in [0.05, 0.1) is 12.9 Å². The monoisotopic (exact) mass is 299 g/mol. The number of aromatic nitrogens is 3. The van der Waals surface area contributed by atoms with E-state index in [4.69, 9.17) is 9.47 Å². The molecule has 0 radical (unpaired) electrons. The first kappa shape index (κ1) is 14.1. The number of halogens is 1. The fraction of sp³-hybridized carbons (Fsp3) is 0.500. The highest BCUT2D eigenvalue weighted by Gasteiger charge is 2.45. The molecule has 1 aliphatic heterocycles. The molecule has 1 aliphatic rings. The molecule has 1 fully saturated rings. The highest BCUT2D eigenvalue weighted by molar-refractivity contribution is 5.75. The molecule has 2 aromatic rings. The van der Waals surface area contributed by atoms with Gasteiger partial charge >= 0.3 is 0 Å². The lowest BCUT2D eigenvalue weighted by Gasteiger charge is -2.18. The second-order valence-electron chi connectivity index (χ2n) is 4.75. The normalized spacial score (nSPS) is 29.3. The van der Waals surface area contributed by atoms with Gasteiger partial charge in [-0.3, -0.25) is 4.79 Å². The van der Waals surface area contributed by atoms with E-state index in [-0.39, 0.29) is 17.6 Å². The van der Waals surface area contributed by atoms with Crippen LogP contribution in [0.5, 0.6) is 0 Å². The summed E-state index contributed by atoms with van der Waals surface area (Å²) < 4.78 is 25.7. The number of aliphatic hydroxyl groups is 2. The lowest BCUT2D eigenvalue weighted by molar-refractivity contribution is -0.0535. The highest BCUT2D eigenvalue weighted by atomic mass is 19.1. The molecule has 3 rings (SSSR count). The van der Waals surface area contributed by atoms with Crippen molar-refractivity contribution < 1.29 is 24.1 Å². The largest absolute Gasteiger partial charge is 0.394 e. The van der Waals surface area contributed by atoms with Crippen LogP contribution in [-0.2, 0) is 9.47 Å². The van der Waals surface area contributed by atoms with Crippen LogP contribution in [0.3, 0.4) is 0 Å². The predicted molar refractivity (Wildman–Crippen MR) is 68.1 cm³/mol. The van der Waals surface area contributed by atoms with Crippen LogP contribution in [0.15, 0.2) is 17.3 Å². The van der Waals surface area contributed by atoms with E-state index in [0.29, 0.717) is 0 Å². The second kappa shape index (κ2) is 5.19. The molecule has 8 nitrogen and oxygen atoms in total. The number of hydrogen-bond acceptors (Lipinski definition) is 6. The molecule has 3 N–H and O–H groups in total. The van der Waals surface area contributed by atoms with Gasteiger partial charge in [0.15, 0.2) is 17.7 Å². The van der Waals surface area contributed by atoms with Gasteiger partial charge in [-0.1, -0.05) is 0 Å². The second-order valence-corrected chi connectivity index (χ2v) is 4.75. The van der Waals surface area contributed by atoms with Crippen molar-refractivity contribution in [1.29, 1.82) is 0 Å². The Balaban J connectivity index is 2.10. The van der Waals surface area contributed by atoms with E-state index < -0.39 is 35.9 Å². The van der Waals surface area contributed by atoms with E-state index in [0.717, 1.165) is 12.5 Å². The zero-order chi connectivity index (χ0) is 15.1. The summed E-state index contributed by atoms with van der Waals surface area (Å²) in [7, 11) is 1.37. The maximum atomic E-state index is 13.9. The van der Waals surface area contributed by atoms with Crippen molar-refractivity contribution in [2.24, 2.45) is 0 Å². The summed E-state index contributed by atoms with van der Waals surface area (Å²) in [6.45, 7) is -0.359. The fourth-order valence-corrected chi connectivity index (χ4v) is 2.63. The maximum absolute atomic E-state index is 13.9. The van der Waals surface area contributed by atoms with Crippen molar-refractivity contribution in [3.05, 3.63) is 28.7 Å². The smallest absolute Gasteiger partial charge is 0.263 e. The molecule has 4 atom stereocenters. The SMILES string of the molecule is CO[C@H]1[C@@H](O)[C@H](n2cc(F)c3c(=O)[nH]cnc32)O[C@@H]1CO. The molecule has 114 valence electrons. The molecule has 0 aliphatic carbocycles. The van der Waals surface area contributed by atoms with Crippen molar-refractivity contribution in [3.63, 3.8) is 0 Å². The van der Waals surface area contributed by atoms with Crippen molar-refractivity contribution in [2.75, 3.05) is 13.7 Å². The minimum atomic E-state index is -1.14. The number of methoxy groups -OCH3 is 1. The summed E-state index contributed by atoms with van der Waals surface area (Å²) in [5.41, 5.74) is -0.570. The van der Waals surface area contributed by atoms with E-state index in [1.54, 1.807) is 0 Å². The van der Waals surface area contributed by atoms with Crippen LogP contribution >= 0.6 is 0 Å². The molecular formula is C12H14FN3O5. The van der Waals surface area contributed by atoms with Gasteiger partial charge in [0, 0.05) is 13.3 Å². The number of rotatable bonds is 3. The Labute approximate surface area is 117 Å². The highest BCUT2D eigenvalue weighted by Crippen LogP contribution is 2.33. The Bertz CT molecular complexity index is 714. The average molecular weight is 299 g/mol. The average Bonchev–Trinajstić information content (AvgIpc) is 2.97. The van der Waals surface area contributed by atoms with E-state index >= 15 is 0 Å². The zero-order valence-corrected chi connectivity index (χ0v) is 11.1. The number of nitrogens with one attached hydrogen (secondary N) is 1. The summed E-state index contributed by atoms with van der Waals surface area (Å²) in [6, 6.07) is 0. The van der Waals surface area contributed by atoms with E-state index in [1.165, 1.54) is 11.7 Å². The minimum absolute atomic E-state index is 0.0498. The number of nitrogens with zero attached hydrogens (tertiary/aromatic N) is 2. The molecular weight excluding hydrogens is 285 g/mol. The maximum Gasteiger partial charge on any atom is 0.263 e. The third kappa shape index (κ3) is 2.05. The van der Waals surface area contributed by atoms with Gasteiger partial charge in [-0.05, 0) is 0 Å². The minimum Gasteiger partial charge on any atom is -0.394 e. The van der Waals surface area contributed by atoms with Crippen LogP contribution in [-0.4, -0.2) is 56.8 Å². The standard InChI is InChI=1S/C12H14FN3O5/c1-20-9-6(3-17)21-12(8(9)18)16-2-5(13)7-10(16)14-4-15-11(7)19/h2,4,6,8-9,12,17-18H,3H2,1H3,(H,14,15,19)/t6-,8-,9-,12-/m1/s1. The summed E-state index contributed by atoms with van der Waals surface area (Å²) in [5, 5.41) is 19.3. The first-order valence-electron chi connectivity index (χ1n) is 6.29. The molecule has 0 aromatic carbocycles. The molecule has 9 heteroatoms. The summed E-state index contributed by atoms with van der Waals surface area (Å²) in [6.07, 6.45) is -1.48. The number of H-pyrrole nitrogens is 1. The van der Waals surface area contributed by atoms with Gasteiger partial charge in [0.1, 0.15) is 23.7 Å². The van der Waals surface area contributed by atoms with Crippen LogP contribution < -0.4 is 5.56 Å². The molecule has 1 saturated heterocycles. The molecule has 21 heavy (non-hydrogen) atoms. The molecule has 0 unspecified atom stereocenters. The van der Waals surface area contributed by atoms with Gasteiger partial charge < -0.3 is 29.2 Å². The Hall–Kier alpha value is -1.81.